The lowest BCUT2D eigenvalue weighted by atomic mass is 10.0. The van der Waals surface area contributed by atoms with Gasteiger partial charge in [-0.3, -0.25) is 9.79 Å². The molecule has 2 heterocycles. The highest BCUT2D eigenvalue weighted by atomic mass is 16.5. The first-order chi connectivity index (χ1) is 14.8. The van der Waals surface area contributed by atoms with E-state index in [9.17, 15) is 4.79 Å². The predicted octanol–water partition coefficient (Wildman–Crippen LogP) is 2.41. The number of pyridine rings is 1. The number of benzene rings is 1. The Morgan fingerprint density at radius 2 is 1.83 bits per heavy atom. The van der Waals surface area contributed by atoms with Crippen LogP contribution in [-0.2, 0) is 25.4 Å². The molecule has 1 aliphatic heterocycles. The van der Waals surface area contributed by atoms with Crippen molar-refractivity contribution in [3.05, 3.63) is 42.1 Å². The highest BCUT2D eigenvalue weighted by Gasteiger charge is 2.18. The van der Waals surface area contributed by atoms with E-state index in [0.717, 1.165) is 28.2 Å². The lowest BCUT2D eigenvalue weighted by Crippen LogP contribution is -2.15. The molecule has 1 aliphatic rings. The van der Waals surface area contributed by atoms with Gasteiger partial charge in [0.15, 0.2) is 0 Å². The van der Waals surface area contributed by atoms with Crippen LogP contribution in [0.4, 0.5) is 11.5 Å². The molecule has 0 fully saturated rings. The molecule has 0 saturated heterocycles. The van der Waals surface area contributed by atoms with Crippen LogP contribution in [0.5, 0.6) is 0 Å². The summed E-state index contributed by atoms with van der Waals surface area (Å²) in [5.74, 6) is 0.825. The van der Waals surface area contributed by atoms with Gasteiger partial charge in [-0.05, 0) is 42.1 Å². The number of ether oxygens (including phenoxy) is 3. The van der Waals surface area contributed by atoms with Crippen LogP contribution >= 0.6 is 0 Å². The largest absolute Gasteiger partial charge is 0.377 e. The van der Waals surface area contributed by atoms with Crippen molar-refractivity contribution in [2.45, 2.75) is 6.42 Å². The van der Waals surface area contributed by atoms with E-state index in [-0.39, 0.29) is 5.91 Å². The predicted molar refractivity (Wildman–Crippen MR) is 117 cm³/mol. The topological polar surface area (TPSA) is 94.1 Å². The highest BCUT2D eigenvalue weighted by molar-refractivity contribution is 5.99. The van der Waals surface area contributed by atoms with Crippen molar-refractivity contribution in [1.82, 2.24) is 4.98 Å². The molecule has 0 spiro atoms. The molecule has 0 atom stereocenters. The van der Waals surface area contributed by atoms with E-state index in [1.165, 1.54) is 0 Å². The average molecular weight is 412 g/mol. The van der Waals surface area contributed by atoms with Gasteiger partial charge < -0.3 is 24.8 Å². The Kier molecular flexibility index (Phi) is 8.77. The van der Waals surface area contributed by atoms with Gasteiger partial charge in [0, 0.05) is 24.0 Å². The molecular weight excluding hydrogens is 384 g/mol. The number of hydrogen-bond donors (Lipinski definition) is 2. The second-order valence-electron chi connectivity index (χ2n) is 6.71. The minimum atomic E-state index is 0.0327. The van der Waals surface area contributed by atoms with Crippen LogP contribution in [0.2, 0.25) is 0 Å². The molecule has 0 aliphatic carbocycles. The SMILES string of the molecule is C=NCCOCCOCCOCCNc1ncccc1-c1ccc2c(c1)CC(=O)N2. The van der Waals surface area contributed by atoms with Crippen molar-refractivity contribution in [3.8, 4) is 11.1 Å². The maximum absolute atomic E-state index is 11.6. The maximum atomic E-state index is 11.6. The normalized spacial score (nSPS) is 12.5. The Balaban J connectivity index is 1.37. The lowest BCUT2D eigenvalue weighted by molar-refractivity contribution is -0.115. The number of aromatic nitrogens is 1. The van der Waals surface area contributed by atoms with Crippen LogP contribution in [-0.4, -0.2) is 70.3 Å². The zero-order valence-corrected chi connectivity index (χ0v) is 17.1. The van der Waals surface area contributed by atoms with Crippen molar-refractivity contribution in [3.63, 3.8) is 0 Å². The summed E-state index contributed by atoms with van der Waals surface area (Å²) in [6.07, 6.45) is 2.17. The van der Waals surface area contributed by atoms with Crippen LogP contribution in [0.25, 0.3) is 11.1 Å². The molecule has 0 saturated carbocycles. The fourth-order valence-corrected chi connectivity index (χ4v) is 3.09. The molecule has 2 N–H and O–H groups in total. The van der Waals surface area contributed by atoms with Gasteiger partial charge in [0.2, 0.25) is 5.91 Å². The number of hydrogen-bond acceptors (Lipinski definition) is 7. The minimum Gasteiger partial charge on any atom is -0.377 e. The smallest absolute Gasteiger partial charge is 0.228 e. The van der Waals surface area contributed by atoms with Crippen LogP contribution in [0, 0.1) is 0 Å². The van der Waals surface area contributed by atoms with Gasteiger partial charge in [0.05, 0.1) is 52.6 Å². The van der Waals surface area contributed by atoms with E-state index in [1.54, 1.807) is 6.20 Å². The van der Waals surface area contributed by atoms with Crippen molar-refractivity contribution >= 4 is 24.1 Å². The fraction of sp³-hybridized carbons (Fsp3) is 0.409. The average Bonchev–Trinajstić information content (AvgIpc) is 3.14. The van der Waals surface area contributed by atoms with E-state index in [4.69, 9.17) is 14.2 Å². The van der Waals surface area contributed by atoms with Crippen molar-refractivity contribution in [2.75, 3.05) is 63.4 Å². The van der Waals surface area contributed by atoms with E-state index in [2.05, 4.69) is 27.3 Å². The summed E-state index contributed by atoms with van der Waals surface area (Å²) in [6, 6.07) is 9.90. The van der Waals surface area contributed by atoms with Gasteiger partial charge in [-0.25, -0.2) is 4.98 Å². The van der Waals surface area contributed by atoms with Gasteiger partial charge in [0.1, 0.15) is 5.82 Å². The zero-order valence-electron chi connectivity index (χ0n) is 17.1. The van der Waals surface area contributed by atoms with Gasteiger partial charge >= 0.3 is 0 Å². The van der Waals surface area contributed by atoms with Crippen LogP contribution in [0.1, 0.15) is 5.56 Å². The molecule has 0 radical (unpaired) electrons. The third-order valence-electron chi connectivity index (χ3n) is 4.53. The monoisotopic (exact) mass is 412 g/mol. The molecule has 160 valence electrons. The van der Waals surface area contributed by atoms with E-state index in [1.807, 2.05) is 30.3 Å². The van der Waals surface area contributed by atoms with Crippen molar-refractivity contribution < 1.29 is 19.0 Å². The zero-order chi connectivity index (χ0) is 21.0. The Bertz CT molecular complexity index is 844. The van der Waals surface area contributed by atoms with Gasteiger partial charge in [-0.2, -0.15) is 0 Å². The summed E-state index contributed by atoms with van der Waals surface area (Å²) < 4.78 is 16.3. The Hall–Kier alpha value is -2.81. The van der Waals surface area contributed by atoms with Crippen molar-refractivity contribution in [2.24, 2.45) is 4.99 Å². The van der Waals surface area contributed by atoms with Crippen LogP contribution in [0.15, 0.2) is 41.5 Å². The van der Waals surface area contributed by atoms with Crippen LogP contribution in [0.3, 0.4) is 0 Å². The summed E-state index contributed by atoms with van der Waals surface area (Å²) in [6.45, 7) is 7.90. The summed E-state index contributed by atoms with van der Waals surface area (Å²) in [5, 5.41) is 6.18. The van der Waals surface area contributed by atoms with Crippen molar-refractivity contribution in [1.29, 1.82) is 0 Å². The molecule has 2 aromatic rings. The quantitative estimate of drug-likeness (QED) is 0.366. The Morgan fingerprint density at radius 1 is 1.07 bits per heavy atom. The maximum Gasteiger partial charge on any atom is 0.228 e. The van der Waals surface area contributed by atoms with Gasteiger partial charge in [0.25, 0.3) is 0 Å². The third-order valence-corrected chi connectivity index (χ3v) is 4.53. The third kappa shape index (κ3) is 6.62. The number of anilines is 2. The number of rotatable bonds is 14. The number of nitrogens with zero attached hydrogens (tertiary/aromatic N) is 2. The Morgan fingerprint density at radius 3 is 2.63 bits per heavy atom. The first-order valence-corrected chi connectivity index (χ1v) is 10.1. The number of fused-ring (bicyclic) bond motifs is 1. The molecule has 1 aromatic heterocycles. The standard InChI is InChI=1S/C22H28N4O4/c1-23-7-9-28-11-13-30-14-12-29-10-8-25-22-19(3-2-6-24-22)17-4-5-20-18(15-17)16-21(27)26-20/h2-6,15H,1,7-14,16H2,(H,24,25)(H,26,27). The lowest BCUT2D eigenvalue weighted by Gasteiger charge is -2.12. The number of aliphatic imine (C=N–C) groups is 1. The molecule has 8 heteroatoms. The molecular formula is C22H28N4O4. The van der Waals surface area contributed by atoms with E-state index >= 15 is 0 Å². The van der Waals surface area contributed by atoms with Gasteiger partial charge in [-0.15, -0.1) is 0 Å². The number of carbonyl (C=O) groups excluding carboxylic acids is 1. The second-order valence-corrected chi connectivity index (χ2v) is 6.71. The van der Waals surface area contributed by atoms with Gasteiger partial charge in [-0.1, -0.05) is 6.07 Å². The summed E-state index contributed by atoms with van der Waals surface area (Å²) in [4.78, 5) is 19.7. The first kappa shape index (κ1) is 21.9. The fourth-order valence-electron chi connectivity index (χ4n) is 3.09. The second kappa shape index (κ2) is 12.0. The molecule has 1 aromatic carbocycles. The number of nitrogens with one attached hydrogen (secondary N) is 2. The van der Waals surface area contributed by atoms with E-state index < -0.39 is 0 Å². The summed E-state index contributed by atoms with van der Waals surface area (Å²) >= 11 is 0. The molecule has 30 heavy (non-hydrogen) atoms. The molecule has 0 unspecified atom stereocenters. The number of amides is 1. The van der Waals surface area contributed by atoms with Crippen LogP contribution < -0.4 is 10.6 Å². The first-order valence-electron chi connectivity index (χ1n) is 10.1. The molecule has 3 rings (SSSR count). The molecule has 1 amide bonds. The molecule has 8 nitrogen and oxygen atoms in total. The molecule has 0 bridgehead atoms. The minimum absolute atomic E-state index is 0.0327. The summed E-state index contributed by atoms with van der Waals surface area (Å²) in [5.41, 5.74) is 3.92. The van der Waals surface area contributed by atoms with E-state index in [0.29, 0.717) is 59.2 Å². The summed E-state index contributed by atoms with van der Waals surface area (Å²) in [7, 11) is 0. The Labute approximate surface area is 176 Å². The number of carbonyl (C=O) groups is 1. The highest BCUT2D eigenvalue weighted by Crippen LogP contribution is 2.31.